The highest BCUT2D eigenvalue weighted by atomic mass is 19.2. The van der Waals surface area contributed by atoms with Crippen LogP contribution in [0.5, 0.6) is 0 Å². The molecular formula is C28H36F2. The zero-order chi connectivity index (χ0) is 21.1. The summed E-state index contributed by atoms with van der Waals surface area (Å²) in [7, 11) is 0. The van der Waals surface area contributed by atoms with Crippen LogP contribution in [0, 0.1) is 29.4 Å². The monoisotopic (exact) mass is 410 g/mol. The topological polar surface area (TPSA) is 0 Å². The maximum atomic E-state index is 14.8. The van der Waals surface area contributed by atoms with Gasteiger partial charge in [0.25, 0.3) is 0 Å². The number of benzene rings is 2. The maximum absolute atomic E-state index is 14.8. The van der Waals surface area contributed by atoms with Gasteiger partial charge in [0.05, 0.1) is 0 Å². The van der Waals surface area contributed by atoms with Crippen LogP contribution in [0.3, 0.4) is 0 Å². The normalized spacial score (nSPS) is 27.3. The summed E-state index contributed by atoms with van der Waals surface area (Å²) in [6.45, 7) is 6.01. The molecule has 0 aromatic heterocycles. The summed E-state index contributed by atoms with van der Waals surface area (Å²) in [5, 5.41) is 1.24. The van der Waals surface area contributed by atoms with Gasteiger partial charge in [-0.05, 0) is 104 Å². The SMILES string of the molecule is C=CCCc1cc2ccc(C3CCC(C4CCC(CC)CC4)CC3)cc2c(F)c1F. The second-order valence-corrected chi connectivity index (χ2v) is 9.77. The van der Waals surface area contributed by atoms with Gasteiger partial charge >= 0.3 is 0 Å². The molecule has 2 aliphatic carbocycles. The van der Waals surface area contributed by atoms with Gasteiger partial charge in [0.2, 0.25) is 0 Å². The number of hydrogen-bond acceptors (Lipinski definition) is 0. The standard InChI is InChI=1S/C28H36F2/c1-3-5-6-25-17-24-16-15-23(18-26(24)28(30)27(25)29)22-13-11-21(12-14-22)20-9-7-19(4-2)8-10-20/h3,15-22H,1,4-14H2,2H3. The van der Waals surface area contributed by atoms with E-state index in [9.17, 15) is 8.78 Å². The lowest BCUT2D eigenvalue weighted by atomic mass is 9.68. The zero-order valence-corrected chi connectivity index (χ0v) is 18.4. The Bertz CT molecular complexity index is 868. The van der Waals surface area contributed by atoms with E-state index in [-0.39, 0.29) is 0 Å². The molecule has 0 radical (unpaired) electrons. The van der Waals surface area contributed by atoms with E-state index in [1.54, 1.807) is 6.08 Å². The molecule has 0 saturated heterocycles. The molecule has 0 heterocycles. The second-order valence-electron chi connectivity index (χ2n) is 9.77. The summed E-state index contributed by atoms with van der Waals surface area (Å²) in [5.74, 6) is 1.87. The Morgan fingerprint density at radius 2 is 1.57 bits per heavy atom. The van der Waals surface area contributed by atoms with E-state index in [1.807, 2.05) is 18.2 Å². The molecule has 0 N–H and O–H groups in total. The van der Waals surface area contributed by atoms with Gasteiger partial charge in [0.15, 0.2) is 11.6 Å². The predicted octanol–water partition coefficient (Wildman–Crippen LogP) is 8.73. The Labute approximate surface area is 180 Å². The molecule has 0 bridgehead atoms. The van der Waals surface area contributed by atoms with Crippen molar-refractivity contribution in [3.8, 4) is 0 Å². The lowest BCUT2D eigenvalue weighted by molar-refractivity contribution is 0.158. The van der Waals surface area contributed by atoms with Gasteiger partial charge in [-0.2, -0.15) is 0 Å². The van der Waals surface area contributed by atoms with E-state index in [0.717, 1.165) is 23.1 Å². The van der Waals surface area contributed by atoms with Crippen LogP contribution < -0.4 is 0 Å². The van der Waals surface area contributed by atoms with E-state index < -0.39 is 11.6 Å². The van der Waals surface area contributed by atoms with Crippen molar-refractivity contribution in [2.24, 2.45) is 17.8 Å². The molecule has 162 valence electrons. The Balaban J connectivity index is 1.44. The summed E-state index contributed by atoms with van der Waals surface area (Å²) < 4.78 is 29.3. The summed E-state index contributed by atoms with van der Waals surface area (Å²) in [4.78, 5) is 0. The molecule has 0 spiro atoms. The second kappa shape index (κ2) is 9.62. The lowest BCUT2D eigenvalue weighted by Crippen LogP contribution is -2.25. The van der Waals surface area contributed by atoms with Gasteiger partial charge in [-0.25, -0.2) is 8.78 Å². The largest absolute Gasteiger partial charge is 0.203 e. The first-order valence-electron chi connectivity index (χ1n) is 12.1. The Kier molecular flexibility index (Phi) is 6.91. The van der Waals surface area contributed by atoms with E-state index in [1.165, 1.54) is 63.4 Å². The van der Waals surface area contributed by atoms with E-state index in [0.29, 0.717) is 29.7 Å². The number of hydrogen-bond donors (Lipinski definition) is 0. The third kappa shape index (κ3) is 4.48. The minimum Gasteiger partial charge on any atom is -0.203 e. The Morgan fingerprint density at radius 1 is 0.900 bits per heavy atom. The van der Waals surface area contributed by atoms with Crippen LogP contribution in [0.2, 0.25) is 0 Å². The van der Waals surface area contributed by atoms with Crippen molar-refractivity contribution in [1.29, 1.82) is 0 Å². The van der Waals surface area contributed by atoms with Crippen molar-refractivity contribution in [1.82, 2.24) is 0 Å². The number of fused-ring (bicyclic) bond motifs is 1. The number of rotatable bonds is 6. The van der Waals surface area contributed by atoms with Crippen LogP contribution in [0.15, 0.2) is 36.9 Å². The zero-order valence-electron chi connectivity index (χ0n) is 18.4. The van der Waals surface area contributed by atoms with Crippen molar-refractivity contribution in [3.63, 3.8) is 0 Å². The molecular weight excluding hydrogens is 374 g/mol. The molecule has 0 unspecified atom stereocenters. The van der Waals surface area contributed by atoms with Crippen molar-refractivity contribution >= 4 is 10.8 Å². The van der Waals surface area contributed by atoms with Crippen molar-refractivity contribution in [3.05, 3.63) is 59.7 Å². The third-order valence-corrected chi connectivity index (χ3v) is 8.11. The van der Waals surface area contributed by atoms with Gasteiger partial charge in [-0.15, -0.1) is 6.58 Å². The molecule has 0 amide bonds. The summed E-state index contributed by atoms with van der Waals surface area (Å²) in [6, 6.07) is 7.87. The number of aryl methyl sites for hydroxylation is 1. The smallest absolute Gasteiger partial charge is 0.166 e. The van der Waals surface area contributed by atoms with E-state index in [4.69, 9.17) is 0 Å². The summed E-state index contributed by atoms with van der Waals surface area (Å²) in [6.07, 6.45) is 14.9. The van der Waals surface area contributed by atoms with Gasteiger partial charge in [0.1, 0.15) is 0 Å². The van der Waals surface area contributed by atoms with Gasteiger partial charge < -0.3 is 0 Å². The van der Waals surface area contributed by atoms with Crippen molar-refractivity contribution < 1.29 is 8.78 Å². The first-order chi connectivity index (χ1) is 14.6. The molecule has 0 atom stereocenters. The highest BCUT2D eigenvalue weighted by Crippen LogP contribution is 2.44. The van der Waals surface area contributed by atoms with Crippen LogP contribution in [-0.4, -0.2) is 0 Å². The molecule has 0 aliphatic heterocycles. The molecule has 4 rings (SSSR count). The van der Waals surface area contributed by atoms with E-state index in [2.05, 4.69) is 19.6 Å². The van der Waals surface area contributed by atoms with Crippen LogP contribution >= 0.6 is 0 Å². The van der Waals surface area contributed by atoms with Gasteiger partial charge in [-0.1, -0.05) is 44.4 Å². The minimum atomic E-state index is -0.687. The fraction of sp³-hybridized carbons (Fsp3) is 0.571. The van der Waals surface area contributed by atoms with Crippen LogP contribution in [-0.2, 0) is 6.42 Å². The molecule has 2 aliphatic rings. The molecule has 2 saturated carbocycles. The predicted molar refractivity (Wildman–Crippen MR) is 123 cm³/mol. The van der Waals surface area contributed by atoms with Gasteiger partial charge in [-0.3, -0.25) is 0 Å². The maximum Gasteiger partial charge on any atom is 0.166 e. The average Bonchev–Trinajstić information content (AvgIpc) is 2.80. The molecule has 30 heavy (non-hydrogen) atoms. The fourth-order valence-electron chi connectivity index (χ4n) is 6.09. The first-order valence-corrected chi connectivity index (χ1v) is 12.1. The third-order valence-electron chi connectivity index (χ3n) is 8.11. The Hall–Kier alpha value is -1.70. The minimum absolute atomic E-state index is 0.437. The van der Waals surface area contributed by atoms with Gasteiger partial charge in [0, 0.05) is 5.39 Å². The van der Waals surface area contributed by atoms with Crippen LogP contribution in [0.4, 0.5) is 8.78 Å². The number of allylic oxidation sites excluding steroid dienone is 1. The quantitative estimate of drug-likeness (QED) is 0.418. The molecule has 2 aromatic carbocycles. The van der Waals surface area contributed by atoms with Crippen LogP contribution in [0.25, 0.3) is 10.8 Å². The summed E-state index contributed by atoms with van der Waals surface area (Å²) >= 11 is 0. The molecule has 2 fully saturated rings. The number of halogens is 2. The van der Waals surface area contributed by atoms with Crippen LogP contribution in [0.1, 0.15) is 88.2 Å². The average molecular weight is 411 g/mol. The molecule has 2 heteroatoms. The Morgan fingerprint density at radius 3 is 2.20 bits per heavy atom. The van der Waals surface area contributed by atoms with E-state index >= 15 is 0 Å². The van der Waals surface area contributed by atoms with Crippen molar-refractivity contribution in [2.45, 2.75) is 83.5 Å². The first kappa shape index (κ1) is 21.5. The molecule has 2 aromatic rings. The highest BCUT2D eigenvalue weighted by Gasteiger charge is 2.31. The van der Waals surface area contributed by atoms with Crippen molar-refractivity contribution in [2.75, 3.05) is 0 Å². The highest BCUT2D eigenvalue weighted by molar-refractivity contribution is 5.85. The summed E-state index contributed by atoms with van der Waals surface area (Å²) in [5.41, 5.74) is 1.64. The lowest BCUT2D eigenvalue weighted by Gasteiger charge is -2.38. The fourth-order valence-corrected chi connectivity index (χ4v) is 6.09. The molecule has 0 nitrogen and oxygen atoms in total.